The van der Waals surface area contributed by atoms with Crippen LogP contribution in [0, 0.1) is 13.8 Å². The van der Waals surface area contributed by atoms with Crippen molar-refractivity contribution in [2.45, 2.75) is 53.0 Å². The van der Waals surface area contributed by atoms with Crippen LogP contribution in [0.15, 0.2) is 24.3 Å². The summed E-state index contributed by atoms with van der Waals surface area (Å²) >= 11 is 0. The van der Waals surface area contributed by atoms with Crippen molar-refractivity contribution in [1.29, 1.82) is 0 Å². The molecule has 0 aliphatic heterocycles. The van der Waals surface area contributed by atoms with Gasteiger partial charge in [0.25, 0.3) is 0 Å². The van der Waals surface area contributed by atoms with Gasteiger partial charge in [0, 0.05) is 12.5 Å². The van der Waals surface area contributed by atoms with Crippen molar-refractivity contribution < 1.29 is 4.74 Å². The second-order valence-electron chi connectivity index (χ2n) is 5.49. The Balaban J connectivity index is 2.76. The Bertz CT molecular complexity index is 414. The molecule has 0 aromatic heterocycles. The average Bonchev–Trinajstić information content (AvgIpc) is 2.32. The number of rotatable bonds is 7. The van der Waals surface area contributed by atoms with Crippen LogP contribution in [0.3, 0.4) is 0 Å². The first-order valence-electron chi connectivity index (χ1n) is 7.07. The molecule has 1 unspecified atom stereocenters. The number of benzene rings is 1. The third-order valence-electron chi connectivity index (χ3n) is 3.32. The lowest BCUT2D eigenvalue weighted by Gasteiger charge is -2.15. The van der Waals surface area contributed by atoms with Gasteiger partial charge in [-0.05, 0) is 50.3 Å². The number of hydrogen-bond donors (Lipinski definition) is 1. The summed E-state index contributed by atoms with van der Waals surface area (Å²) in [5, 5.41) is 0. The van der Waals surface area contributed by atoms with Crippen LogP contribution >= 0.6 is 0 Å². The van der Waals surface area contributed by atoms with Gasteiger partial charge in [0.2, 0.25) is 0 Å². The normalized spacial score (nSPS) is 12.3. The van der Waals surface area contributed by atoms with Gasteiger partial charge in [-0.1, -0.05) is 24.6 Å². The summed E-state index contributed by atoms with van der Waals surface area (Å²) in [4.78, 5) is 0. The lowest BCUT2D eigenvalue weighted by Crippen LogP contribution is -2.21. The second kappa shape index (κ2) is 7.34. The first kappa shape index (κ1) is 15.8. The summed E-state index contributed by atoms with van der Waals surface area (Å²) in [6.45, 7) is 12.9. The molecule has 0 radical (unpaired) electrons. The first-order valence-corrected chi connectivity index (χ1v) is 7.07. The maximum absolute atomic E-state index is 6.02. The van der Waals surface area contributed by atoms with E-state index in [0.29, 0.717) is 6.61 Å². The number of ether oxygens (including phenoxy) is 1. The quantitative estimate of drug-likeness (QED) is 0.755. The summed E-state index contributed by atoms with van der Waals surface area (Å²) < 4.78 is 5.87. The molecule has 2 N–H and O–H groups in total. The molecule has 1 rings (SSSR count). The Morgan fingerprint density at radius 2 is 1.89 bits per heavy atom. The lowest BCUT2D eigenvalue weighted by molar-refractivity contribution is 0.317. The van der Waals surface area contributed by atoms with Gasteiger partial charge in [-0.3, -0.25) is 0 Å². The molecule has 0 fully saturated rings. The average molecular weight is 261 g/mol. The molecule has 106 valence electrons. The molecular formula is C17H27NO. The minimum atomic E-state index is 0.244. The van der Waals surface area contributed by atoms with E-state index in [1.165, 1.54) is 16.7 Å². The zero-order chi connectivity index (χ0) is 14.4. The molecule has 0 amide bonds. The highest BCUT2D eigenvalue weighted by Crippen LogP contribution is 2.25. The molecule has 0 heterocycles. The van der Waals surface area contributed by atoms with E-state index in [1.54, 1.807) is 0 Å². The zero-order valence-electron chi connectivity index (χ0n) is 12.8. The predicted octanol–water partition coefficient (Wildman–Crippen LogP) is 3.93. The number of aryl methyl sites for hydroxylation is 2. The minimum Gasteiger partial charge on any atom is -0.493 e. The molecule has 0 saturated heterocycles. The minimum absolute atomic E-state index is 0.244. The fourth-order valence-corrected chi connectivity index (χ4v) is 2.16. The highest BCUT2D eigenvalue weighted by Gasteiger charge is 2.08. The first-order chi connectivity index (χ1) is 8.93. The maximum atomic E-state index is 6.02. The van der Waals surface area contributed by atoms with Crippen molar-refractivity contribution in [1.82, 2.24) is 0 Å². The Labute approximate surface area is 117 Å². The van der Waals surface area contributed by atoms with E-state index in [1.807, 2.05) is 6.92 Å². The molecule has 0 spiro atoms. The van der Waals surface area contributed by atoms with E-state index in [-0.39, 0.29) is 6.04 Å². The molecular weight excluding hydrogens is 234 g/mol. The van der Waals surface area contributed by atoms with Crippen molar-refractivity contribution in [3.05, 3.63) is 41.0 Å². The summed E-state index contributed by atoms with van der Waals surface area (Å²) in [5.41, 5.74) is 10.9. The molecule has 2 nitrogen and oxygen atoms in total. The van der Waals surface area contributed by atoms with E-state index in [9.17, 15) is 0 Å². The fraction of sp³-hybridized carbons (Fsp3) is 0.529. The van der Waals surface area contributed by atoms with Crippen LogP contribution in [-0.4, -0.2) is 12.6 Å². The molecule has 1 aromatic rings. The molecule has 0 aliphatic carbocycles. The van der Waals surface area contributed by atoms with Gasteiger partial charge in [-0.25, -0.2) is 0 Å². The number of nitrogens with two attached hydrogens (primary N) is 1. The summed E-state index contributed by atoms with van der Waals surface area (Å²) in [6.07, 6.45) is 2.85. The molecule has 19 heavy (non-hydrogen) atoms. The lowest BCUT2D eigenvalue weighted by atomic mass is 9.99. The monoisotopic (exact) mass is 261 g/mol. The van der Waals surface area contributed by atoms with Crippen LogP contribution in [0.4, 0.5) is 0 Å². The number of hydrogen-bond acceptors (Lipinski definition) is 2. The van der Waals surface area contributed by atoms with Gasteiger partial charge < -0.3 is 10.5 Å². The van der Waals surface area contributed by atoms with Gasteiger partial charge in [-0.2, -0.15) is 0 Å². The Hall–Kier alpha value is -1.28. The highest BCUT2D eigenvalue weighted by atomic mass is 16.5. The SMILES string of the molecule is C=C(C)CCOc1c(C)cc(CC(N)CC)cc1C. The van der Waals surface area contributed by atoms with E-state index < -0.39 is 0 Å². The van der Waals surface area contributed by atoms with Crippen molar-refractivity contribution in [3.63, 3.8) is 0 Å². The van der Waals surface area contributed by atoms with Crippen LogP contribution < -0.4 is 10.5 Å². The molecule has 0 bridgehead atoms. The van der Waals surface area contributed by atoms with Crippen molar-refractivity contribution in [2.24, 2.45) is 5.73 Å². The van der Waals surface area contributed by atoms with Gasteiger partial charge in [0.1, 0.15) is 5.75 Å². The van der Waals surface area contributed by atoms with Gasteiger partial charge in [0.05, 0.1) is 6.61 Å². The van der Waals surface area contributed by atoms with Gasteiger partial charge >= 0.3 is 0 Å². The predicted molar refractivity (Wildman–Crippen MR) is 82.8 cm³/mol. The Morgan fingerprint density at radius 1 is 1.32 bits per heavy atom. The van der Waals surface area contributed by atoms with Crippen LogP contribution in [0.1, 0.15) is 43.4 Å². The van der Waals surface area contributed by atoms with Crippen LogP contribution in [0.5, 0.6) is 5.75 Å². The van der Waals surface area contributed by atoms with E-state index in [0.717, 1.165) is 30.6 Å². The third-order valence-corrected chi connectivity index (χ3v) is 3.32. The summed E-state index contributed by atoms with van der Waals surface area (Å²) in [7, 11) is 0. The van der Waals surface area contributed by atoms with Crippen LogP contribution in [-0.2, 0) is 6.42 Å². The third kappa shape index (κ3) is 5.07. The van der Waals surface area contributed by atoms with Crippen molar-refractivity contribution >= 4 is 0 Å². The Morgan fingerprint density at radius 3 is 2.37 bits per heavy atom. The molecule has 0 saturated carbocycles. The van der Waals surface area contributed by atoms with Crippen molar-refractivity contribution in [3.8, 4) is 5.75 Å². The maximum Gasteiger partial charge on any atom is 0.125 e. The largest absolute Gasteiger partial charge is 0.493 e. The molecule has 1 atom stereocenters. The fourth-order valence-electron chi connectivity index (χ4n) is 2.16. The molecule has 0 aliphatic rings. The van der Waals surface area contributed by atoms with Gasteiger partial charge in [0.15, 0.2) is 0 Å². The highest BCUT2D eigenvalue weighted by molar-refractivity contribution is 5.43. The van der Waals surface area contributed by atoms with E-state index in [2.05, 4.69) is 39.5 Å². The second-order valence-corrected chi connectivity index (χ2v) is 5.49. The summed E-state index contributed by atoms with van der Waals surface area (Å²) in [5.74, 6) is 1.01. The molecule has 1 aromatic carbocycles. The van der Waals surface area contributed by atoms with E-state index >= 15 is 0 Å². The topological polar surface area (TPSA) is 35.2 Å². The smallest absolute Gasteiger partial charge is 0.125 e. The Kier molecular flexibility index (Phi) is 6.10. The van der Waals surface area contributed by atoms with E-state index in [4.69, 9.17) is 10.5 Å². The van der Waals surface area contributed by atoms with Crippen molar-refractivity contribution in [2.75, 3.05) is 6.61 Å². The van der Waals surface area contributed by atoms with Crippen LogP contribution in [0.25, 0.3) is 0 Å². The summed E-state index contributed by atoms with van der Waals surface area (Å²) in [6, 6.07) is 4.63. The standard InChI is InChI=1S/C17H27NO/c1-6-16(18)11-15-9-13(4)17(14(5)10-15)19-8-7-12(2)3/h9-10,16H,2,6-8,11,18H2,1,3-5H3. The zero-order valence-corrected chi connectivity index (χ0v) is 12.8. The van der Waals surface area contributed by atoms with Gasteiger partial charge in [-0.15, -0.1) is 6.58 Å². The molecule has 2 heteroatoms. The van der Waals surface area contributed by atoms with Crippen LogP contribution in [0.2, 0.25) is 0 Å².